The van der Waals surface area contributed by atoms with Gasteiger partial charge in [-0.2, -0.15) is 0 Å². The first-order valence-electron chi connectivity index (χ1n) is 6.85. The number of benzene rings is 1. The number of aromatic nitrogens is 3. The van der Waals surface area contributed by atoms with Crippen LogP contribution in [0.4, 0.5) is 5.95 Å². The largest absolute Gasteiger partial charge is 0.506 e. The predicted octanol–water partition coefficient (Wildman–Crippen LogP) is 1.24. The van der Waals surface area contributed by atoms with Gasteiger partial charge >= 0.3 is 0 Å². The zero-order valence-corrected chi connectivity index (χ0v) is 11.5. The van der Waals surface area contributed by atoms with Gasteiger partial charge in [-0.25, -0.2) is 4.98 Å². The number of H-pyrrole nitrogens is 1. The lowest BCUT2D eigenvalue weighted by Crippen LogP contribution is -2.28. The maximum Gasteiger partial charge on any atom is 0.267 e. The van der Waals surface area contributed by atoms with Crippen LogP contribution in [0.1, 0.15) is 15.9 Å². The standard InChI is InChI=1S/C15H12N4O3/c20-12-9-3-1-2-8-4-7-19(11(8)9)14(22)10(12)13(21)18-15-16-5-6-17-15/h1-3,5-6,20H,4,7H2,(H2,16,17,18,21). The normalized spacial score (nSPS) is 12.7. The third-order valence-corrected chi connectivity index (χ3v) is 3.90. The summed E-state index contributed by atoms with van der Waals surface area (Å²) in [5, 5.41) is 13.4. The molecule has 3 aromatic rings. The number of para-hydroxylation sites is 1. The number of anilines is 1. The summed E-state index contributed by atoms with van der Waals surface area (Å²) in [6.07, 6.45) is 3.75. The number of hydrogen-bond acceptors (Lipinski definition) is 4. The highest BCUT2D eigenvalue weighted by Crippen LogP contribution is 2.32. The van der Waals surface area contributed by atoms with E-state index in [9.17, 15) is 14.7 Å². The number of carbonyl (C=O) groups is 1. The van der Waals surface area contributed by atoms with Crippen LogP contribution < -0.4 is 10.9 Å². The Morgan fingerprint density at radius 1 is 1.41 bits per heavy atom. The summed E-state index contributed by atoms with van der Waals surface area (Å²) in [5.74, 6) is -0.747. The first-order valence-corrected chi connectivity index (χ1v) is 6.85. The Kier molecular flexibility index (Phi) is 2.56. The third kappa shape index (κ3) is 1.65. The second kappa shape index (κ2) is 4.45. The molecule has 0 unspecified atom stereocenters. The summed E-state index contributed by atoms with van der Waals surface area (Å²) < 4.78 is 1.54. The van der Waals surface area contributed by atoms with E-state index in [1.54, 1.807) is 16.8 Å². The molecule has 1 aliphatic rings. The molecule has 0 atom stereocenters. The molecule has 2 aromatic heterocycles. The number of imidazole rings is 1. The van der Waals surface area contributed by atoms with E-state index in [4.69, 9.17) is 0 Å². The molecule has 7 heteroatoms. The summed E-state index contributed by atoms with van der Waals surface area (Å²) in [7, 11) is 0. The van der Waals surface area contributed by atoms with Crippen LogP contribution in [0.25, 0.3) is 10.9 Å². The molecule has 1 aromatic carbocycles. The molecule has 3 N–H and O–H groups in total. The number of pyridine rings is 1. The van der Waals surface area contributed by atoms with Gasteiger partial charge in [0.1, 0.15) is 11.3 Å². The van der Waals surface area contributed by atoms with E-state index in [0.29, 0.717) is 17.4 Å². The van der Waals surface area contributed by atoms with Crippen molar-refractivity contribution in [2.45, 2.75) is 13.0 Å². The fourth-order valence-electron chi connectivity index (χ4n) is 2.93. The fourth-order valence-corrected chi connectivity index (χ4v) is 2.93. The summed E-state index contributed by atoms with van der Waals surface area (Å²) in [6, 6.07) is 5.44. The molecule has 1 amide bonds. The highest BCUT2D eigenvalue weighted by molar-refractivity contribution is 6.08. The van der Waals surface area contributed by atoms with Gasteiger partial charge in [-0.05, 0) is 18.1 Å². The van der Waals surface area contributed by atoms with E-state index >= 15 is 0 Å². The van der Waals surface area contributed by atoms with Crippen molar-refractivity contribution in [2.24, 2.45) is 0 Å². The number of carbonyl (C=O) groups excluding carboxylic acids is 1. The first-order chi connectivity index (χ1) is 10.7. The summed E-state index contributed by atoms with van der Waals surface area (Å²) in [5.41, 5.74) is 0.962. The highest BCUT2D eigenvalue weighted by Gasteiger charge is 2.26. The van der Waals surface area contributed by atoms with Gasteiger partial charge in [0.05, 0.1) is 5.52 Å². The minimum atomic E-state index is -0.680. The SMILES string of the molecule is O=C(Nc1ncc[nH]1)c1c(O)c2cccc3c2n(c1=O)CC3. The molecule has 0 aliphatic carbocycles. The number of aryl methyl sites for hydroxylation is 2. The Morgan fingerprint density at radius 3 is 3.05 bits per heavy atom. The minimum Gasteiger partial charge on any atom is -0.506 e. The van der Waals surface area contributed by atoms with Gasteiger partial charge in [-0.1, -0.05) is 12.1 Å². The van der Waals surface area contributed by atoms with E-state index in [1.165, 1.54) is 6.20 Å². The van der Waals surface area contributed by atoms with Crippen LogP contribution in [-0.2, 0) is 13.0 Å². The number of aromatic amines is 1. The van der Waals surface area contributed by atoms with Crippen LogP contribution in [0.3, 0.4) is 0 Å². The van der Waals surface area contributed by atoms with Crippen molar-refractivity contribution in [3.05, 3.63) is 52.1 Å². The minimum absolute atomic E-state index is 0.221. The zero-order chi connectivity index (χ0) is 15.3. The molecule has 1 aliphatic heterocycles. The average Bonchev–Trinajstić information content (AvgIpc) is 3.14. The lowest BCUT2D eigenvalue weighted by Gasteiger charge is -2.10. The van der Waals surface area contributed by atoms with Crippen molar-refractivity contribution >= 4 is 22.8 Å². The van der Waals surface area contributed by atoms with E-state index < -0.39 is 11.5 Å². The van der Waals surface area contributed by atoms with Crippen LogP contribution in [0.5, 0.6) is 5.75 Å². The summed E-state index contributed by atoms with van der Waals surface area (Å²) in [6.45, 7) is 0.510. The van der Waals surface area contributed by atoms with E-state index in [1.807, 2.05) is 12.1 Å². The Labute approximate surface area is 124 Å². The van der Waals surface area contributed by atoms with Gasteiger partial charge in [-0.15, -0.1) is 0 Å². The van der Waals surface area contributed by atoms with Gasteiger partial charge < -0.3 is 14.7 Å². The van der Waals surface area contributed by atoms with E-state index in [0.717, 1.165) is 12.0 Å². The molecule has 0 saturated carbocycles. The van der Waals surface area contributed by atoms with Crippen molar-refractivity contribution in [1.82, 2.24) is 14.5 Å². The second-order valence-corrected chi connectivity index (χ2v) is 5.14. The number of rotatable bonds is 2. The zero-order valence-electron chi connectivity index (χ0n) is 11.5. The maximum atomic E-state index is 12.5. The molecule has 110 valence electrons. The monoisotopic (exact) mass is 296 g/mol. The Morgan fingerprint density at radius 2 is 2.27 bits per heavy atom. The Bertz CT molecular complexity index is 957. The molecular weight excluding hydrogens is 284 g/mol. The van der Waals surface area contributed by atoms with Crippen LogP contribution in [0, 0.1) is 0 Å². The molecule has 7 nitrogen and oxygen atoms in total. The molecule has 0 spiro atoms. The highest BCUT2D eigenvalue weighted by atomic mass is 16.3. The number of aromatic hydroxyl groups is 1. The molecular formula is C15H12N4O3. The van der Waals surface area contributed by atoms with E-state index in [-0.39, 0.29) is 17.3 Å². The topological polar surface area (TPSA) is 100 Å². The molecule has 4 rings (SSSR count). The average molecular weight is 296 g/mol. The van der Waals surface area contributed by atoms with Crippen LogP contribution in [0.15, 0.2) is 35.4 Å². The van der Waals surface area contributed by atoms with Crippen LogP contribution >= 0.6 is 0 Å². The molecule has 22 heavy (non-hydrogen) atoms. The van der Waals surface area contributed by atoms with Gasteiger partial charge in [0.2, 0.25) is 5.95 Å². The quantitative estimate of drug-likeness (QED) is 0.662. The number of amides is 1. The van der Waals surface area contributed by atoms with Gasteiger partial charge in [0.15, 0.2) is 0 Å². The predicted molar refractivity (Wildman–Crippen MR) is 80.1 cm³/mol. The lowest BCUT2D eigenvalue weighted by atomic mass is 10.1. The maximum absolute atomic E-state index is 12.5. The first kappa shape index (κ1) is 12.6. The molecule has 0 fully saturated rings. The van der Waals surface area contributed by atoms with Crippen molar-refractivity contribution in [3.63, 3.8) is 0 Å². The molecule has 0 saturated heterocycles. The second-order valence-electron chi connectivity index (χ2n) is 5.14. The van der Waals surface area contributed by atoms with Gasteiger partial charge in [0.25, 0.3) is 11.5 Å². The number of hydrogen-bond donors (Lipinski definition) is 3. The van der Waals surface area contributed by atoms with Crippen molar-refractivity contribution < 1.29 is 9.90 Å². The van der Waals surface area contributed by atoms with Crippen LogP contribution in [0.2, 0.25) is 0 Å². The Balaban J connectivity index is 1.93. The summed E-state index contributed by atoms with van der Waals surface area (Å²) in [4.78, 5) is 31.5. The third-order valence-electron chi connectivity index (χ3n) is 3.90. The van der Waals surface area contributed by atoms with Crippen molar-refractivity contribution in [3.8, 4) is 5.75 Å². The fraction of sp³-hybridized carbons (Fsp3) is 0.133. The Hall–Kier alpha value is -3.09. The smallest absolute Gasteiger partial charge is 0.267 e. The van der Waals surface area contributed by atoms with E-state index in [2.05, 4.69) is 15.3 Å². The van der Waals surface area contributed by atoms with Crippen molar-refractivity contribution in [2.75, 3.05) is 5.32 Å². The molecule has 0 bridgehead atoms. The van der Waals surface area contributed by atoms with Gasteiger partial charge in [-0.3, -0.25) is 14.9 Å². The molecule has 3 heterocycles. The number of nitrogens with one attached hydrogen (secondary N) is 2. The van der Waals surface area contributed by atoms with Crippen LogP contribution in [-0.4, -0.2) is 25.5 Å². The molecule has 0 radical (unpaired) electrons. The van der Waals surface area contributed by atoms with Crippen molar-refractivity contribution in [1.29, 1.82) is 0 Å². The van der Waals surface area contributed by atoms with Gasteiger partial charge in [0, 0.05) is 24.3 Å². The lowest BCUT2D eigenvalue weighted by molar-refractivity contribution is 0.102. The number of nitrogens with zero attached hydrogens (tertiary/aromatic N) is 2. The summed E-state index contributed by atoms with van der Waals surface area (Å²) >= 11 is 0.